The third kappa shape index (κ3) is 4.10. The van der Waals surface area contributed by atoms with E-state index in [-0.39, 0.29) is 0 Å². The Kier molecular flexibility index (Phi) is 4.98. The summed E-state index contributed by atoms with van der Waals surface area (Å²) in [6.07, 6.45) is 0.729. The number of hydrogen-bond acceptors (Lipinski definition) is 4. The van der Waals surface area contributed by atoms with Crippen molar-refractivity contribution in [3.05, 3.63) is 53.9 Å². The Morgan fingerprint density at radius 3 is 2.74 bits per heavy atom. The maximum Gasteiger partial charge on any atom is 0.172 e. The third-order valence-corrected chi connectivity index (χ3v) is 3.47. The molecule has 0 N–H and O–H groups in total. The van der Waals surface area contributed by atoms with Gasteiger partial charge in [-0.3, -0.25) is 4.79 Å². The van der Waals surface area contributed by atoms with Crippen LogP contribution in [0.25, 0.3) is 0 Å². The molecule has 0 unspecified atom stereocenters. The fraction of sp³-hybridized carbons (Fsp3) is 0.200. The van der Waals surface area contributed by atoms with Gasteiger partial charge in [0.2, 0.25) is 0 Å². The summed E-state index contributed by atoms with van der Waals surface area (Å²) in [5, 5.41) is 0. The highest BCUT2D eigenvalue weighted by Gasteiger charge is 2.04. The molecule has 0 saturated heterocycles. The van der Waals surface area contributed by atoms with Gasteiger partial charge in [-0.15, -0.1) is 11.8 Å². The van der Waals surface area contributed by atoms with Crippen LogP contribution in [0, 0.1) is 6.92 Å². The van der Waals surface area contributed by atoms with Gasteiger partial charge in [0.05, 0.1) is 6.61 Å². The highest BCUT2D eigenvalue weighted by atomic mass is 32.2. The topological polar surface area (TPSA) is 39.2 Å². The normalized spacial score (nSPS) is 10.2. The van der Waals surface area contributed by atoms with E-state index >= 15 is 0 Å². The molecule has 0 bridgehead atoms. The van der Waals surface area contributed by atoms with Crippen LogP contribution in [0.1, 0.15) is 16.2 Å². The van der Waals surface area contributed by atoms with E-state index in [4.69, 9.17) is 4.74 Å². The molecule has 0 radical (unpaired) electrons. The number of thioether (sulfide) groups is 1. The summed E-state index contributed by atoms with van der Waals surface area (Å²) >= 11 is 1.72. The average Bonchev–Trinajstić information content (AvgIpc) is 2.46. The lowest BCUT2D eigenvalue weighted by atomic mass is 10.3. The monoisotopic (exact) mass is 273 g/mol. The van der Waals surface area contributed by atoms with Crippen molar-refractivity contribution >= 4 is 18.0 Å². The summed E-state index contributed by atoms with van der Waals surface area (Å²) in [6, 6.07) is 13.8. The second kappa shape index (κ2) is 6.95. The molecule has 3 nitrogen and oxygen atoms in total. The van der Waals surface area contributed by atoms with Crippen LogP contribution in [0.4, 0.5) is 0 Å². The molecule has 98 valence electrons. The summed E-state index contributed by atoms with van der Waals surface area (Å²) in [5.41, 5.74) is 1.18. The third-order valence-electron chi connectivity index (χ3n) is 2.49. The number of rotatable bonds is 6. The minimum atomic E-state index is 0.365. The van der Waals surface area contributed by atoms with Gasteiger partial charge in [0.25, 0.3) is 0 Å². The minimum Gasteiger partial charge on any atom is -0.490 e. The van der Waals surface area contributed by atoms with Gasteiger partial charge in [0.1, 0.15) is 11.4 Å². The summed E-state index contributed by atoms with van der Waals surface area (Å²) in [6.45, 7) is 2.40. The molecule has 0 spiro atoms. The fourth-order valence-corrected chi connectivity index (χ4v) is 2.35. The quantitative estimate of drug-likeness (QED) is 0.459. The van der Waals surface area contributed by atoms with Crippen molar-refractivity contribution in [2.75, 3.05) is 12.4 Å². The van der Waals surface area contributed by atoms with Crippen LogP contribution in [-0.4, -0.2) is 23.6 Å². The SMILES string of the molecule is Cc1ccc(OCCSc2ccccc2)c(C=O)n1. The Labute approximate surface area is 117 Å². The van der Waals surface area contributed by atoms with Crippen molar-refractivity contribution in [1.82, 2.24) is 4.98 Å². The van der Waals surface area contributed by atoms with Crippen molar-refractivity contribution in [1.29, 1.82) is 0 Å². The largest absolute Gasteiger partial charge is 0.490 e. The number of nitrogens with zero attached hydrogens (tertiary/aromatic N) is 1. The molecule has 0 amide bonds. The number of hydrogen-bond donors (Lipinski definition) is 0. The Morgan fingerprint density at radius 1 is 1.21 bits per heavy atom. The Hall–Kier alpha value is -1.81. The highest BCUT2D eigenvalue weighted by molar-refractivity contribution is 7.99. The molecule has 0 aliphatic carbocycles. The second-order valence-corrected chi connectivity index (χ2v) is 5.13. The first kappa shape index (κ1) is 13.6. The van der Waals surface area contributed by atoms with Crippen molar-refractivity contribution in [3.8, 4) is 5.75 Å². The van der Waals surface area contributed by atoms with Gasteiger partial charge in [-0.25, -0.2) is 4.98 Å². The molecule has 0 aliphatic rings. The van der Waals surface area contributed by atoms with Crippen LogP contribution in [-0.2, 0) is 0 Å². The van der Waals surface area contributed by atoms with Gasteiger partial charge >= 0.3 is 0 Å². The first-order valence-corrected chi connectivity index (χ1v) is 7.01. The van der Waals surface area contributed by atoms with Crippen LogP contribution in [0.3, 0.4) is 0 Å². The molecule has 0 atom stereocenters. The lowest BCUT2D eigenvalue weighted by Gasteiger charge is -2.08. The number of pyridine rings is 1. The predicted octanol–water partition coefficient (Wildman–Crippen LogP) is 3.37. The molecular formula is C15H15NO2S. The smallest absolute Gasteiger partial charge is 0.172 e. The molecule has 1 heterocycles. The van der Waals surface area contributed by atoms with Crippen molar-refractivity contribution in [2.45, 2.75) is 11.8 Å². The van der Waals surface area contributed by atoms with Crippen LogP contribution >= 0.6 is 11.8 Å². The number of carbonyl (C=O) groups is 1. The summed E-state index contributed by atoms with van der Waals surface area (Å²) in [7, 11) is 0. The fourth-order valence-electron chi connectivity index (χ4n) is 1.60. The number of aromatic nitrogens is 1. The van der Waals surface area contributed by atoms with Crippen LogP contribution in [0.2, 0.25) is 0 Å². The molecule has 19 heavy (non-hydrogen) atoms. The lowest BCUT2D eigenvalue weighted by molar-refractivity contribution is 0.111. The molecule has 0 aliphatic heterocycles. The molecular weight excluding hydrogens is 258 g/mol. The molecule has 2 rings (SSSR count). The molecule has 0 fully saturated rings. The Morgan fingerprint density at radius 2 is 2.00 bits per heavy atom. The van der Waals surface area contributed by atoms with E-state index in [1.807, 2.05) is 31.2 Å². The van der Waals surface area contributed by atoms with Crippen LogP contribution < -0.4 is 4.74 Å². The standard InChI is InChI=1S/C15H15NO2S/c1-12-7-8-15(14(11-17)16-12)18-9-10-19-13-5-3-2-4-6-13/h2-8,11H,9-10H2,1H3. The van der Waals surface area contributed by atoms with Gasteiger partial charge in [0, 0.05) is 16.3 Å². The Bertz CT molecular complexity index is 543. The zero-order valence-electron chi connectivity index (χ0n) is 10.7. The van der Waals surface area contributed by atoms with E-state index in [1.165, 1.54) is 4.90 Å². The number of aldehydes is 1. The van der Waals surface area contributed by atoms with Gasteiger partial charge in [-0.05, 0) is 31.2 Å². The average molecular weight is 273 g/mol. The summed E-state index contributed by atoms with van der Waals surface area (Å²) < 4.78 is 5.59. The first-order chi connectivity index (χ1) is 9.29. The zero-order chi connectivity index (χ0) is 13.5. The number of benzene rings is 1. The van der Waals surface area contributed by atoms with E-state index in [1.54, 1.807) is 17.8 Å². The Balaban J connectivity index is 1.84. The van der Waals surface area contributed by atoms with E-state index in [0.717, 1.165) is 17.7 Å². The van der Waals surface area contributed by atoms with Crippen LogP contribution in [0.15, 0.2) is 47.4 Å². The first-order valence-electron chi connectivity index (χ1n) is 6.03. The maximum absolute atomic E-state index is 10.9. The summed E-state index contributed by atoms with van der Waals surface area (Å²) in [5.74, 6) is 1.38. The number of aryl methyl sites for hydroxylation is 1. The predicted molar refractivity (Wildman–Crippen MR) is 77.0 cm³/mol. The second-order valence-electron chi connectivity index (χ2n) is 3.96. The summed E-state index contributed by atoms with van der Waals surface area (Å²) in [4.78, 5) is 16.2. The lowest BCUT2D eigenvalue weighted by Crippen LogP contribution is -2.04. The van der Waals surface area contributed by atoms with Gasteiger partial charge < -0.3 is 4.74 Å². The van der Waals surface area contributed by atoms with E-state index < -0.39 is 0 Å². The number of carbonyl (C=O) groups excluding carboxylic acids is 1. The van der Waals surface area contributed by atoms with E-state index in [9.17, 15) is 4.79 Å². The molecule has 2 aromatic rings. The zero-order valence-corrected chi connectivity index (χ0v) is 11.5. The van der Waals surface area contributed by atoms with Gasteiger partial charge in [-0.2, -0.15) is 0 Å². The molecule has 0 saturated carbocycles. The van der Waals surface area contributed by atoms with Crippen molar-refractivity contribution in [2.24, 2.45) is 0 Å². The molecule has 4 heteroatoms. The highest BCUT2D eigenvalue weighted by Crippen LogP contribution is 2.18. The molecule has 1 aromatic heterocycles. The van der Waals surface area contributed by atoms with Gasteiger partial charge in [0.15, 0.2) is 6.29 Å². The van der Waals surface area contributed by atoms with Gasteiger partial charge in [-0.1, -0.05) is 18.2 Å². The number of ether oxygens (including phenoxy) is 1. The van der Waals surface area contributed by atoms with Crippen molar-refractivity contribution in [3.63, 3.8) is 0 Å². The van der Waals surface area contributed by atoms with E-state index in [2.05, 4.69) is 17.1 Å². The molecule has 1 aromatic carbocycles. The maximum atomic E-state index is 10.9. The van der Waals surface area contributed by atoms with Crippen LogP contribution in [0.5, 0.6) is 5.75 Å². The van der Waals surface area contributed by atoms with E-state index in [0.29, 0.717) is 18.1 Å². The minimum absolute atomic E-state index is 0.365. The van der Waals surface area contributed by atoms with Crippen molar-refractivity contribution < 1.29 is 9.53 Å².